The minimum Gasteiger partial charge on any atom is -0.394 e. The number of hydrogen-bond donors (Lipinski definition) is 5. The SMILES string of the molecule is CC(C)C(=O)Nc1nc2c(ncn2[C@@H]2O[C@H](CO)[C@@H](F)[C@H]2OP(=S)(OCCC#N)OC[C@H]2O[C@@H](n3cnc4c(NC(=O)c5ccccc5)ncnc43)[C@H](O[P+](=O)O)[C@@H]2N=[N+]=[N-])c(=O)[nH]1. The van der Waals surface area contributed by atoms with E-state index in [4.69, 9.17) is 39.4 Å². The van der Waals surface area contributed by atoms with E-state index in [0.717, 1.165) is 17.2 Å². The Bertz CT molecular complexity index is 2750. The molecular formula is C34H36FN14O12P2S+. The third-order valence-corrected chi connectivity index (χ3v) is 12.4. The Morgan fingerprint density at radius 1 is 1.09 bits per heavy atom. The number of aromatic nitrogens is 8. The molecule has 336 valence electrons. The summed E-state index contributed by atoms with van der Waals surface area (Å²) in [5.74, 6) is -1.71. The van der Waals surface area contributed by atoms with Crippen molar-refractivity contribution in [2.24, 2.45) is 11.0 Å². The Morgan fingerprint density at radius 3 is 2.48 bits per heavy atom. The Hall–Kier alpha value is -5.78. The molecule has 0 aliphatic carbocycles. The zero-order valence-electron chi connectivity index (χ0n) is 33.2. The largest absolute Gasteiger partial charge is 0.695 e. The van der Waals surface area contributed by atoms with Crippen LogP contribution in [-0.2, 0) is 48.7 Å². The molecule has 2 aliphatic heterocycles. The summed E-state index contributed by atoms with van der Waals surface area (Å²) in [6, 6.07) is 8.70. The molecule has 4 aromatic heterocycles. The van der Waals surface area contributed by atoms with E-state index in [1.165, 1.54) is 10.9 Å². The Kier molecular flexibility index (Phi) is 14.4. The van der Waals surface area contributed by atoms with Gasteiger partial charge in [-0.2, -0.15) is 10.2 Å². The number of nitrogens with one attached hydrogen (secondary N) is 3. The number of amides is 2. The normalized spacial score (nSPS) is 24.3. The number of halogens is 1. The summed E-state index contributed by atoms with van der Waals surface area (Å²) in [4.78, 5) is 74.6. The van der Waals surface area contributed by atoms with Crippen molar-refractivity contribution in [1.82, 2.24) is 39.0 Å². The Morgan fingerprint density at radius 2 is 1.80 bits per heavy atom. The Balaban J connectivity index is 1.18. The number of aliphatic hydroxyl groups excluding tert-OH is 1. The van der Waals surface area contributed by atoms with Gasteiger partial charge in [0.1, 0.15) is 24.6 Å². The number of nitriles is 1. The van der Waals surface area contributed by atoms with Gasteiger partial charge in [-0.3, -0.25) is 38.3 Å². The van der Waals surface area contributed by atoms with Gasteiger partial charge in [0.05, 0.1) is 51.1 Å². The second-order valence-corrected chi connectivity index (χ2v) is 17.7. The molecule has 0 saturated carbocycles. The van der Waals surface area contributed by atoms with Crippen LogP contribution in [0.5, 0.6) is 0 Å². The second-order valence-electron chi connectivity index (χ2n) is 14.1. The van der Waals surface area contributed by atoms with Crippen LogP contribution in [0.15, 0.2) is 59.2 Å². The number of carbonyl (C=O) groups is 2. The maximum absolute atomic E-state index is 16.3. The molecule has 2 aliphatic rings. The van der Waals surface area contributed by atoms with Crippen molar-refractivity contribution in [1.29, 1.82) is 5.26 Å². The summed E-state index contributed by atoms with van der Waals surface area (Å²) in [6.45, 7) is -2.94. The van der Waals surface area contributed by atoms with E-state index in [1.54, 1.807) is 44.2 Å². The van der Waals surface area contributed by atoms with Crippen LogP contribution >= 0.6 is 15.0 Å². The first-order chi connectivity index (χ1) is 30.7. The Labute approximate surface area is 364 Å². The van der Waals surface area contributed by atoms with Crippen LogP contribution in [0.3, 0.4) is 0 Å². The van der Waals surface area contributed by atoms with Gasteiger partial charge in [-0.15, -0.1) is 9.42 Å². The number of carbonyl (C=O) groups excluding carboxylic acids is 2. The van der Waals surface area contributed by atoms with Gasteiger partial charge in [-0.1, -0.05) is 37.2 Å². The number of aliphatic hydroxyl groups is 1. The van der Waals surface area contributed by atoms with Crippen LogP contribution < -0.4 is 16.2 Å². The van der Waals surface area contributed by atoms with Crippen LogP contribution in [-0.4, -0.2) is 117 Å². The highest BCUT2D eigenvalue weighted by atomic mass is 32.5. The van der Waals surface area contributed by atoms with Crippen molar-refractivity contribution in [2.45, 2.75) is 69.4 Å². The summed E-state index contributed by atoms with van der Waals surface area (Å²) in [6.07, 6.45) is -8.09. The number of azide groups is 1. The molecule has 2 amide bonds. The van der Waals surface area contributed by atoms with E-state index in [9.17, 15) is 39.7 Å². The quantitative estimate of drug-likeness (QED) is 0.0277. The molecular weight excluding hydrogens is 909 g/mol. The average Bonchev–Trinajstić information content (AvgIpc) is 4.05. The predicted octanol–water partition coefficient (Wildman–Crippen LogP) is 3.20. The monoisotopic (exact) mass is 945 g/mol. The summed E-state index contributed by atoms with van der Waals surface area (Å²) in [7, 11) is -3.37. The van der Waals surface area contributed by atoms with E-state index in [0.29, 0.717) is 5.56 Å². The van der Waals surface area contributed by atoms with Crippen LogP contribution in [0.2, 0.25) is 0 Å². The van der Waals surface area contributed by atoms with Gasteiger partial charge in [0.2, 0.25) is 11.9 Å². The molecule has 64 heavy (non-hydrogen) atoms. The lowest BCUT2D eigenvalue weighted by Gasteiger charge is -2.29. The molecule has 0 spiro atoms. The molecule has 2 saturated heterocycles. The summed E-state index contributed by atoms with van der Waals surface area (Å²) >= 11 is 5.73. The summed E-state index contributed by atoms with van der Waals surface area (Å²) in [5.41, 5.74) is 8.90. The molecule has 0 radical (unpaired) electrons. The summed E-state index contributed by atoms with van der Waals surface area (Å²) < 4.78 is 66.2. The molecule has 30 heteroatoms. The lowest BCUT2D eigenvalue weighted by Crippen LogP contribution is -2.34. The minimum atomic E-state index is -4.27. The van der Waals surface area contributed by atoms with Crippen LogP contribution in [0.1, 0.15) is 43.1 Å². The van der Waals surface area contributed by atoms with Gasteiger partial charge in [-0.25, -0.2) is 24.3 Å². The van der Waals surface area contributed by atoms with Crippen molar-refractivity contribution in [2.75, 3.05) is 30.5 Å². The number of imidazole rings is 2. The fourth-order valence-electron chi connectivity index (χ4n) is 6.62. The first-order valence-electron chi connectivity index (χ1n) is 18.9. The number of nitrogens with zero attached hydrogens (tertiary/aromatic N) is 11. The lowest BCUT2D eigenvalue weighted by molar-refractivity contribution is -0.118. The molecule has 6 heterocycles. The third-order valence-electron chi connectivity index (χ3n) is 9.64. The number of fused-ring (bicyclic) bond motifs is 2. The fourth-order valence-corrected chi connectivity index (χ4v) is 9.12. The van der Waals surface area contributed by atoms with Gasteiger partial charge >= 0.3 is 15.0 Å². The van der Waals surface area contributed by atoms with E-state index in [2.05, 4.69) is 50.6 Å². The van der Waals surface area contributed by atoms with Gasteiger partial charge in [0, 0.05) is 21.0 Å². The highest BCUT2D eigenvalue weighted by Gasteiger charge is 2.53. The zero-order valence-corrected chi connectivity index (χ0v) is 35.8. The topological polar surface area (TPSA) is 351 Å². The molecule has 5 aromatic rings. The number of alkyl halides is 1. The molecule has 7 rings (SSSR count). The van der Waals surface area contributed by atoms with Gasteiger partial charge in [0.25, 0.3) is 11.5 Å². The summed E-state index contributed by atoms with van der Waals surface area (Å²) in [5, 5.41) is 28.2. The molecule has 5 N–H and O–H groups in total. The third kappa shape index (κ3) is 9.81. The highest BCUT2D eigenvalue weighted by Crippen LogP contribution is 2.55. The number of H-pyrrole nitrogens is 1. The van der Waals surface area contributed by atoms with Gasteiger partial charge in [-0.05, 0) is 29.5 Å². The van der Waals surface area contributed by atoms with E-state index in [1.807, 2.05) is 6.07 Å². The molecule has 1 aromatic carbocycles. The molecule has 0 bridgehead atoms. The van der Waals surface area contributed by atoms with Crippen molar-refractivity contribution in [3.8, 4) is 6.07 Å². The maximum Gasteiger partial charge on any atom is 0.695 e. The zero-order chi connectivity index (χ0) is 45.7. The van der Waals surface area contributed by atoms with Crippen LogP contribution in [0, 0.1) is 17.2 Å². The van der Waals surface area contributed by atoms with E-state index < -0.39 is 101 Å². The molecule has 10 atom stereocenters. The smallest absolute Gasteiger partial charge is 0.394 e. The standard InChI is InChI=1S/C34H35FN14O12P2S/c1-16(2)29(51)44-34-43-28-23(31(53)45-34)41-15-49(28)32-24(20(35)18(11-50)58-32)61-63(64,56-10-6-9-36)57-12-19-21(46-47-37)25(60-62(54)55)33(59-19)48-14-40-22-26(38-13-39-27(22)48)42-30(52)17-7-4-3-5-8-17/h3-5,7-8,13-16,18-21,24-25,32-33,50H,6,10-12H2,1-2H3,(H3-,38,39,42,43,44,45,51,52,53,54,55)/p+1/t18-,19-,20-,21-,24-,25-,32-,33-,63?/m1/s1. The van der Waals surface area contributed by atoms with Crippen molar-refractivity contribution in [3.05, 3.63) is 75.7 Å². The molecule has 2 fully saturated rings. The number of anilines is 2. The van der Waals surface area contributed by atoms with Crippen LogP contribution in [0.25, 0.3) is 32.8 Å². The number of rotatable bonds is 18. The average molecular weight is 946 g/mol. The fraction of sp³-hybridized carbons (Fsp3) is 0.441. The number of aromatic amines is 1. The first-order valence-corrected chi connectivity index (χ1v) is 22.6. The number of ether oxygens (including phenoxy) is 2. The molecule has 2 unspecified atom stereocenters. The highest BCUT2D eigenvalue weighted by molar-refractivity contribution is 8.07. The van der Waals surface area contributed by atoms with Crippen molar-refractivity contribution < 1.29 is 56.1 Å². The van der Waals surface area contributed by atoms with Crippen molar-refractivity contribution in [3.63, 3.8) is 0 Å². The first kappa shape index (κ1) is 46.2. The predicted molar refractivity (Wildman–Crippen MR) is 220 cm³/mol. The van der Waals surface area contributed by atoms with E-state index >= 15 is 4.39 Å². The minimum absolute atomic E-state index is 0.00791. The maximum atomic E-state index is 16.3. The van der Waals surface area contributed by atoms with E-state index in [-0.39, 0.29) is 47.1 Å². The number of hydrogen-bond acceptors (Lipinski definition) is 19. The lowest BCUT2D eigenvalue weighted by atomic mass is 10.1. The van der Waals surface area contributed by atoms with Crippen LogP contribution in [0.4, 0.5) is 16.2 Å². The second kappa shape index (κ2) is 19.9. The van der Waals surface area contributed by atoms with Gasteiger partial charge < -0.3 is 28.9 Å². The molecule has 26 nitrogen and oxygen atoms in total. The van der Waals surface area contributed by atoms with Gasteiger partial charge in [0.15, 0.2) is 52.9 Å². The van der Waals surface area contributed by atoms with Crippen molar-refractivity contribution >= 4 is 72.7 Å². The number of benzene rings is 1.